The summed E-state index contributed by atoms with van der Waals surface area (Å²) in [5.41, 5.74) is 1.99. The largest absolute Gasteiger partial charge is 0.453 e. The van der Waals surface area contributed by atoms with Gasteiger partial charge >= 0.3 is 0 Å². The van der Waals surface area contributed by atoms with Crippen LogP contribution in [0.3, 0.4) is 0 Å². The van der Waals surface area contributed by atoms with E-state index in [1.807, 2.05) is 25.1 Å². The van der Waals surface area contributed by atoms with E-state index in [4.69, 9.17) is 4.42 Å². The maximum Gasteiger partial charge on any atom is 0.198 e. The smallest absolute Gasteiger partial charge is 0.198 e. The maximum absolute atomic E-state index is 12.2. The fraction of sp³-hybridized carbons (Fsp3) is 0.471. The van der Waals surface area contributed by atoms with E-state index < -0.39 is 0 Å². The minimum Gasteiger partial charge on any atom is -0.453 e. The summed E-state index contributed by atoms with van der Waals surface area (Å²) in [7, 11) is 0. The summed E-state index contributed by atoms with van der Waals surface area (Å²) in [6.07, 6.45) is 4.01. The molecule has 1 N–H and O–H groups in total. The van der Waals surface area contributed by atoms with Gasteiger partial charge in [0, 0.05) is 11.8 Å². The molecule has 0 spiro atoms. The molecule has 2 aromatic rings. The van der Waals surface area contributed by atoms with Crippen LogP contribution in [0.15, 0.2) is 28.7 Å². The second-order valence-electron chi connectivity index (χ2n) is 5.83. The molecule has 1 aliphatic heterocycles. The summed E-state index contributed by atoms with van der Waals surface area (Å²) in [5.74, 6) is 1.28. The highest BCUT2D eigenvalue weighted by Gasteiger charge is 2.17. The number of aryl methyl sites for hydroxylation is 1. The Hall–Kier alpha value is -1.61. The molecule has 1 aromatic carbocycles. The molecule has 0 radical (unpaired) electrons. The van der Waals surface area contributed by atoms with Crippen LogP contribution >= 0.6 is 0 Å². The highest BCUT2D eigenvalue weighted by atomic mass is 16.3. The first kappa shape index (κ1) is 13.4. The third-order valence-corrected chi connectivity index (χ3v) is 4.13. The van der Waals surface area contributed by atoms with Crippen LogP contribution in [0.5, 0.6) is 0 Å². The normalized spacial score (nSPS) is 19.4. The van der Waals surface area contributed by atoms with Gasteiger partial charge in [0.2, 0.25) is 0 Å². The van der Waals surface area contributed by atoms with E-state index in [1.54, 1.807) is 0 Å². The molecule has 3 heteroatoms. The number of rotatable bonds is 4. The van der Waals surface area contributed by atoms with E-state index in [0.717, 1.165) is 30.5 Å². The third-order valence-electron chi connectivity index (χ3n) is 4.13. The van der Waals surface area contributed by atoms with Crippen LogP contribution in [-0.2, 0) is 0 Å². The molecule has 106 valence electrons. The van der Waals surface area contributed by atoms with Crippen molar-refractivity contribution in [3.05, 3.63) is 35.6 Å². The molecule has 0 saturated carbocycles. The number of Topliss-reactive ketones (excluding diaryl/α,β-unsaturated/α-hetero) is 1. The van der Waals surface area contributed by atoms with Crippen molar-refractivity contribution in [2.45, 2.75) is 32.6 Å². The van der Waals surface area contributed by atoms with Crippen molar-refractivity contribution in [2.24, 2.45) is 5.92 Å². The average molecular weight is 271 g/mol. The quantitative estimate of drug-likeness (QED) is 0.862. The second kappa shape index (κ2) is 5.80. The molecule has 0 amide bonds. The van der Waals surface area contributed by atoms with Crippen molar-refractivity contribution in [1.29, 1.82) is 0 Å². The highest BCUT2D eigenvalue weighted by Crippen LogP contribution is 2.23. The molecular formula is C17H21NO2. The summed E-state index contributed by atoms with van der Waals surface area (Å²) in [6.45, 7) is 4.21. The number of fused-ring (bicyclic) bond motifs is 1. The lowest BCUT2D eigenvalue weighted by molar-refractivity contribution is 0.0946. The van der Waals surface area contributed by atoms with Crippen molar-refractivity contribution in [1.82, 2.24) is 5.32 Å². The van der Waals surface area contributed by atoms with Crippen LogP contribution in [0.2, 0.25) is 0 Å². The van der Waals surface area contributed by atoms with Gasteiger partial charge in [-0.2, -0.15) is 0 Å². The van der Waals surface area contributed by atoms with Crippen molar-refractivity contribution in [3.8, 4) is 0 Å². The molecule has 1 atom stereocenters. The Kier molecular flexibility index (Phi) is 3.88. The van der Waals surface area contributed by atoms with E-state index in [-0.39, 0.29) is 5.78 Å². The van der Waals surface area contributed by atoms with Crippen molar-refractivity contribution < 1.29 is 9.21 Å². The van der Waals surface area contributed by atoms with E-state index in [1.165, 1.54) is 18.4 Å². The Labute approximate surface area is 119 Å². The number of benzene rings is 1. The van der Waals surface area contributed by atoms with Gasteiger partial charge in [-0.05, 0) is 63.4 Å². The SMILES string of the molecule is Cc1ccc2oc(C(=O)CCC3CCCNC3)cc2c1. The van der Waals surface area contributed by atoms with Crippen molar-refractivity contribution in [2.75, 3.05) is 13.1 Å². The Morgan fingerprint density at radius 2 is 2.30 bits per heavy atom. The lowest BCUT2D eigenvalue weighted by Gasteiger charge is -2.21. The Morgan fingerprint density at radius 1 is 1.40 bits per heavy atom. The van der Waals surface area contributed by atoms with E-state index in [2.05, 4.69) is 11.4 Å². The summed E-state index contributed by atoms with van der Waals surface area (Å²) in [5, 5.41) is 4.41. The number of hydrogen-bond acceptors (Lipinski definition) is 3. The number of hydrogen-bond donors (Lipinski definition) is 1. The molecule has 1 aromatic heterocycles. The number of furan rings is 1. The molecule has 1 unspecified atom stereocenters. The van der Waals surface area contributed by atoms with Gasteiger partial charge < -0.3 is 9.73 Å². The molecular weight excluding hydrogens is 250 g/mol. The Balaban J connectivity index is 1.65. The highest BCUT2D eigenvalue weighted by molar-refractivity contribution is 5.97. The second-order valence-corrected chi connectivity index (χ2v) is 5.83. The van der Waals surface area contributed by atoms with Gasteiger partial charge in [0.05, 0.1) is 0 Å². The number of nitrogens with one attached hydrogen (secondary N) is 1. The van der Waals surface area contributed by atoms with Gasteiger partial charge in [0.15, 0.2) is 11.5 Å². The van der Waals surface area contributed by atoms with Crippen LogP contribution in [0.4, 0.5) is 0 Å². The number of carbonyl (C=O) groups is 1. The van der Waals surface area contributed by atoms with Gasteiger partial charge in [0.25, 0.3) is 0 Å². The first-order valence-electron chi connectivity index (χ1n) is 7.46. The summed E-state index contributed by atoms with van der Waals surface area (Å²) in [6, 6.07) is 7.88. The van der Waals surface area contributed by atoms with E-state index in [0.29, 0.717) is 18.1 Å². The topological polar surface area (TPSA) is 42.2 Å². The minimum atomic E-state index is 0.129. The van der Waals surface area contributed by atoms with Gasteiger partial charge in [-0.1, -0.05) is 11.6 Å². The summed E-state index contributed by atoms with van der Waals surface area (Å²) < 4.78 is 5.66. The molecule has 1 saturated heterocycles. The zero-order valence-electron chi connectivity index (χ0n) is 11.9. The molecule has 3 nitrogen and oxygen atoms in total. The predicted molar refractivity (Wildman–Crippen MR) is 80.1 cm³/mol. The average Bonchev–Trinajstić information content (AvgIpc) is 2.89. The molecule has 0 bridgehead atoms. The Morgan fingerprint density at radius 3 is 3.10 bits per heavy atom. The summed E-state index contributed by atoms with van der Waals surface area (Å²) >= 11 is 0. The molecule has 20 heavy (non-hydrogen) atoms. The number of piperidine rings is 1. The van der Waals surface area contributed by atoms with Gasteiger partial charge in [-0.25, -0.2) is 0 Å². The lowest BCUT2D eigenvalue weighted by Crippen LogP contribution is -2.29. The van der Waals surface area contributed by atoms with E-state index >= 15 is 0 Å². The fourth-order valence-electron chi connectivity index (χ4n) is 2.93. The van der Waals surface area contributed by atoms with Gasteiger partial charge in [0.1, 0.15) is 5.58 Å². The molecule has 1 aliphatic rings. The minimum absolute atomic E-state index is 0.129. The zero-order valence-corrected chi connectivity index (χ0v) is 11.9. The zero-order chi connectivity index (χ0) is 13.9. The van der Waals surface area contributed by atoms with Crippen LogP contribution in [-0.4, -0.2) is 18.9 Å². The Bertz CT molecular complexity index is 608. The molecule has 2 heterocycles. The third kappa shape index (κ3) is 2.93. The lowest BCUT2D eigenvalue weighted by atomic mass is 9.93. The first-order chi connectivity index (χ1) is 9.72. The van der Waals surface area contributed by atoms with Crippen LogP contribution in [0.25, 0.3) is 11.0 Å². The fourth-order valence-corrected chi connectivity index (χ4v) is 2.93. The van der Waals surface area contributed by atoms with E-state index in [9.17, 15) is 4.79 Å². The van der Waals surface area contributed by atoms with Crippen molar-refractivity contribution >= 4 is 16.8 Å². The molecule has 3 rings (SSSR count). The monoisotopic (exact) mass is 271 g/mol. The molecule has 0 aliphatic carbocycles. The number of ketones is 1. The predicted octanol–water partition coefficient (Wildman–Crippen LogP) is 3.70. The standard InChI is InChI=1S/C17H21NO2/c1-12-4-7-16-14(9-12)10-17(20-16)15(19)6-5-13-3-2-8-18-11-13/h4,7,9-10,13,18H,2-3,5-6,8,11H2,1H3. The van der Waals surface area contributed by atoms with Gasteiger partial charge in [-0.3, -0.25) is 4.79 Å². The van der Waals surface area contributed by atoms with Crippen LogP contribution in [0, 0.1) is 12.8 Å². The molecule has 1 fully saturated rings. The number of carbonyl (C=O) groups excluding carboxylic acids is 1. The maximum atomic E-state index is 12.2. The van der Waals surface area contributed by atoms with Crippen LogP contribution in [0.1, 0.15) is 41.8 Å². The first-order valence-corrected chi connectivity index (χ1v) is 7.46. The van der Waals surface area contributed by atoms with Crippen molar-refractivity contribution in [3.63, 3.8) is 0 Å². The van der Waals surface area contributed by atoms with Crippen LogP contribution < -0.4 is 5.32 Å². The summed E-state index contributed by atoms with van der Waals surface area (Å²) in [4.78, 5) is 12.2. The van der Waals surface area contributed by atoms with Gasteiger partial charge in [-0.15, -0.1) is 0 Å².